The predicted molar refractivity (Wildman–Crippen MR) is 94.5 cm³/mol. The molecule has 1 aliphatic carbocycles. The number of hydrogen-bond donors (Lipinski definition) is 2. The van der Waals surface area contributed by atoms with Gasteiger partial charge >= 0.3 is 0 Å². The maximum Gasteiger partial charge on any atom is 0.191 e. The molecule has 1 aliphatic rings. The molecule has 1 fully saturated rings. The highest BCUT2D eigenvalue weighted by Crippen LogP contribution is 2.35. The van der Waals surface area contributed by atoms with Gasteiger partial charge in [0.25, 0.3) is 0 Å². The highest BCUT2D eigenvalue weighted by atomic mass is 16.5. The predicted octanol–water partition coefficient (Wildman–Crippen LogP) is 2.09. The van der Waals surface area contributed by atoms with Gasteiger partial charge in [0.05, 0.1) is 13.2 Å². The lowest BCUT2D eigenvalue weighted by molar-refractivity contribution is 0.0844. The van der Waals surface area contributed by atoms with Crippen LogP contribution in [-0.2, 0) is 4.74 Å². The van der Waals surface area contributed by atoms with Crippen molar-refractivity contribution < 1.29 is 4.74 Å². The molecular weight excluding hydrogens is 276 g/mol. The standard InChI is InChI=1S/C17H36N4O/c1-7-18-16(20-15(3)12-22-6)19-13-17(21(4)5)10-8-9-14(2)11-17/h14-15H,7-13H2,1-6H3,(H2,18,19,20). The summed E-state index contributed by atoms with van der Waals surface area (Å²) in [5.41, 5.74) is 0.199. The molecule has 0 radical (unpaired) electrons. The number of aliphatic imine (C=N–C) groups is 1. The van der Waals surface area contributed by atoms with Crippen molar-refractivity contribution in [1.29, 1.82) is 0 Å². The zero-order chi connectivity index (χ0) is 16.6. The topological polar surface area (TPSA) is 48.9 Å². The van der Waals surface area contributed by atoms with E-state index in [2.05, 4.69) is 50.4 Å². The maximum atomic E-state index is 5.20. The summed E-state index contributed by atoms with van der Waals surface area (Å²) in [4.78, 5) is 7.27. The third kappa shape index (κ3) is 5.76. The second kappa shape index (κ2) is 9.36. The summed E-state index contributed by atoms with van der Waals surface area (Å²) < 4.78 is 5.20. The van der Waals surface area contributed by atoms with E-state index in [1.165, 1.54) is 25.7 Å². The molecule has 3 unspecified atom stereocenters. The Morgan fingerprint density at radius 3 is 2.73 bits per heavy atom. The molecule has 0 heterocycles. The molecule has 0 bridgehead atoms. The molecule has 3 atom stereocenters. The van der Waals surface area contributed by atoms with E-state index in [1.54, 1.807) is 7.11 Å². The van der Waals surface area contributed by atoms with Crippen molar-refractivity contribution in [3.05, 3.63) is 0 Å². The molecule has 0 amide bonds. The minimum atomic E-state index is 0.199. The van der Waals surface area contributed by atoms with Gasteiger partial charge in [0.1, 0.15) is 0 Å². The monoisotopic (exact) mass is 312 g/mol. The molecule has 5 nitrogen and oxygen atoms in total. The number of methoxy groups -OCH3 is 1. The minimum Gasteiger partial charge on any atom is -0.383 e. The molecular formula is C17H36N4O. The first-order chi connectivity index (χ1) is 10.4. The third-order valence-corrected chi connectivity index (χ3v) is 4.69. The van der Waals surface area contributed by atoms with Gasteiger partial charge in [-0.15, -0.1) is 0 Å². The second-order valence-corrected chi connectivity index (χ2v) is 7.02. The van der Waals surface area contributed by atoms with E-state index in [9.17, 15) is 0 Å². The number of nitrogens with one attached hydrogen (secondary N) is 2. The first-order valence-electron chi connectivity index (χ1n) is 8.64. The van der Waals surface area contributed by atoms with Crippen LogP contribution in [0.4, 0.5) is 0 Å². The van der Waals surface area contributed by atoms with Gasteiger partial charge in [0.15, 0.2) is 5.96 Å². The van der Waals surface area contributed by atoms with E-state index in [-0.39, 0.29) is 11.6 Å². The van der Waals surface area contributed by atoms with Gasteiger partial charge in [-0.1, -0.05) is 19.8 Å². The van der Waals surface area contributed by atoms with Gasteiger partial charge in [-0.2, -0.15) is 0 Å². The van der Waals surface area contributed by atoms with E-state index in [1.807, 2.05) is 0 Å². The van der Waals surface area contributed by atoms with E-state index in [0.717, 1.165) is 25.0 Å². The Hall–Kier alpha value is -0.810. The normalized spacial score (nSPS) is 27.8. The van der Waals surface area contributed by atoms with Crippen LogP contribution in [0, 0.1) is 5.92 Å². The summed E-state index contributed by atoms with van der Waals surface area (Å²) in [5, 5.41) is 6.76. The Balaban J connectivity index is 2.76. The first-order valence-corrected chi connectivity index (χ1v) is 8.64. The Bertz CT molecular complexity index is 346. The maximum absolute atomic E-state index is 5.20. The summed E-state index contributed by atoms with van der Waals surface area (Å²) in [7, 11) is 6.12. The van der Waals surface area contributed by atoms with Crippen molar-refractivity contribution >= 4 is 5.96 Å². The average Bonchev–Trinajstić information content (AvgIpc) is 2.45. The van der Waals surface area contributed by atoms with Crippen LogP contribution >= 0.6 is 0 Å². The van der Waals surface area contributed by atoms with Gasteiger partial charge in [0, 0.05) is 25.2 Å². The van der Waals surface area contributed by atoms with E-state index in [0.29, 0.717) is 6.61 Å². The van der Waals surface area contributed by atoms with Crippen LogP contribution in [0.5, 0.6) is 0 Å². The largest absolute Gasteiger partial charge is 0.383 e. The van der Waals surface area contributed by atoms with Crippen molar-refractivity contribution in [3.8, 4) is 0 Å². The Morgan fingerprint density at radius 2 is 2.18 bits per heavy atom. The lowest BCUT2D eigenvalue weighted by Crippen LogP contribution is -2.51. The summed E-state index contributed by atoms with van der Waals surface area (Å²) >= 11 is 0. The van der Waals surface area contributed by atoms with Gasteiger partial charge < -0.3 is 20.3 Å². The fourth-order valence-electron chi connectivity index (χ4n) is 3.39. The van der Waals surface area contributed by atoms with Crippen molar-refractivity contribution in [3.63, 3.8) is 0 Å². The summed E-state index contributed by atoms with van der Waals surface area (Å²) in [6, 6.07) is 0.253. The van der Waals surface area contributed by atoms with Crippen LogP contribution in [0.1, 0.15) is 46.5 Å². The molecule has 0 aliphatic heterocycles. The van der Waals surface area contributed by atoms with Crippen LogP contribution in [0.25, 0.3) is 0 Å². The van der Waals surface area contributed by atoms with Crippen molar-refractivity contribution in [2.24, 2.45) is 10.9 Å². The SMILES string of the molecule is CCNC(=NCC1(N(C)C)CCCC(C)C1)NC(C)COC. The lowest BCUT2D eigenvalue weighted by atomic mass is 9.75. The van der Waals surface area contributed by atoms with Crippen LogP contribution in [-0.4, -0.2) is 63.3 Å². The fourth-order valence-corrected chi connectivity index (χ4v) is 3.39. The molecule has 0 aromatic heterocycles. The number of guanidine groups is 1. The third-order valence-electron chi connectivity index (χ3n) is 4.69. The van der Waals surface area contributed by atoms with Crippen LogP contribution < -0.4 is 10.6 Å². The van der Waals surface area contributed by atoms with E-state index < -0.39 is 0 Å². The molecule has 0 aromatic carbocycles. The van der Waals surface area contributed by atoms with E-state index >= 15 is 0 Å². The highest BCUT2D eigenvalue weighted by molar-refractivity contribution is 5.80. The molecule has 130 valence electrons. The lowest BCUT2D eigenvalue weighted by Gasteiger charge is -2.44. The van der Waals surface area contributed by atoms with Crippen molar-refractivity contribution in [1.82, 2.24) is 15.5 Å². The number of likely N-dealkylation sites (N-methyl/N-ethyl adjacent to an activating group) is 1. The summed E-state index contributed by atoms with van der Waals surface area (Å²) in [6.07, 6.45) is 5.12. The Kier molecular flexibility index (Phi) is 8.18. The molecule has 0 aromatic rings. The molecule has 22 heavy (non-hydrogen) atoms. The summed E-state index contributed by atoms with van der Waals surface area (Å²) in [5.74, 6) is 1.68. The van der Waals surface area contributed by atoms with Gasteiger partial charge in [-0.3, -0.25) is 4.99 Å². The first kappa shape index (κ1) is 19.2. The van der Waals surface area contributed by atoms with Crippen molar-refractivity contribution in [2.45, 2.75) is 58.0 Å². The fraction of sp³-hybridized carbons (Fsp3) is 0.941. The minimum absolute atomic E-state index is 0.199. The van der Waals surface area contributed by atoms with Crippen LogP contribution in [0.2, 0.25) is 0 Å². The molecule has 0 saturated heterocycles. The molecule has 1 rings (SSSR count). The Morgan fingerprint density at radius 1 is 1.45 bits per heavy atom. The second-order valence-electron chi connectivity index (χ2n) is 7.02. The van der Waals surface area contributed by atoms with Crippen molar-refractivity contribution in [2.75, 3.05) is 40.9 Å². The number of hydrogen-bond acceptors (Lipinski definition) is 3. The van der Waals surface area contributed by atoms with Crippen LogP contribution in [0.15, 0.2) is 4.99 Å². The molecule has 5 heteroatoms. The number of rotatable bonds is 7. The van der Waals surface area contributed by atoms with Gasteiger partial charge in [-0.05, 0) is 46.7 Å². The Labute approximate surface area is 136 Å². The molecule has 1 saturated carbocycles. The highest BCUT2D eigenvalue weighted by Gasteiger charge is 2.36. The zero-order valence-electron chi connectivity index (χ0n) is 15.4. The average molecular weight is 313 g/mol. The molecule has 2 N–H and O–H groups in total. The van der Waals surface area contributed by atoms with Crippen LogP contribution in [0.3, 0.4) is 0 Å². The quantitative estimate of drug-likeness (QED) is 0.558. The smallest absolute Gasteiger partial charge is 0.191 e. The number of nitrogens with zero attached hydrogens (tertiary/aromatic N) is 2. The number of ether oxygens (including phenoxy) is 1. The van der Waals surface area contributed by atoms with Gasteiger partial charge in [0.2, 0.25) is 0 Å². The van der Waals surface area contributed by atoms with E-state index in [4.69, 9.17) is 9.73 Å². The van der Waals surface area contributed by atoms with Gasteiger partial charge in [-0.25, -0.2) is 0 Å². The summed E-state index contributed by atoms with van der Waals surface area (Å²) in [6.45, 7) is 8.98. The molecule has 0 spiro atoms. The zero-order valence-corrected chi connectivity index (χ0v) is 15.4.